The maximum Gasteiger partial charge on any atom is 0.245 e. The van der Waals surface area contributed by atoms with Crippen molar-refractivity contribution in [3.63, 3.8) is 0 Å². The van der Waals surface area contributed by atoms with Crippen LogP contribution in [0.2, 0.25) is 0 Å². The number of pyridine rings is 1. The number of fused-ring (bicyclic) bond motifs is 2. The summed E-state index contributed by atoms with van der Waals surface area (Å²) in [5.74, 6) is 0.0127. The lowest BCUT2D eigenvalue weighted by atomic mass is 9.96. The van der Waals surface area contributed by atoms with Crippen molar-refractivity contribution in [2.24, 2.45) is 5.41 Å². The number of carbonyl (C=O) groups is 3. The molecule has 42 heavy (non-hydrogen) atoms. The number of hydrogen-bond acceptors (Lipinski definition) is 8. The average Bonchev–Trinajstić information content (AvgIpc) is 3.31. The largest absolute Gasteiger partial charge is 0.327 e. The van der Waals surface area contributed by atoms with Gasteiger partial charge in [0.25, 0.3) is 0 Å². The highest BCUT2D eigenvalue weighted by Crippen LogP contribution is 2.59. The third-order valence-corrected chi connectivity index (χ3v) is 8.94. The molecule has 0 bridgehead atoms. The molecule has 2 aliphatic rings. The molecule has 1 aliphatic carbocycles. The van der Waals surface area contributed by atoms with E-state index in [2.05, 4.69) is 49.0 Å². The molecule has 0 unspecified atom stereocenters. The van der Waals surface area contributed by atoms with Gasteiger partial charge in [-0.15, -0.1) is 0 Å². The van der Waals surface area contributed by atoms with E-state index in [9.17, 15) is 19.6 Å². The molecular formula is C31H28BrN7O3. The van der Waals surface area contributed by atoms with Gasteiger partial charge in [0.1, 0.15) is 28.7 Å². The van der Waals surface area contributed by atoms with Crippen LogP contribution in [0.4, 0.5) is 0 Å². The van der Waals surface area contributed by atoms with Crippen LogP contribution in [0.5, 0.6) is 0 Å². The molecule has 1 saturated heterocycles. The number of nitrogens with zero attached hydrogens (tertiary/aromatic N) is 7. The van der Waals surface area contributed by atoms with E-state index in [1.807, 2.05) is 19.1 Å². The highest BCUT2D eigenvalue weighted by atomic mass is 79.9. The lowest BCUT2D eigenvalue weighted by molar-refractivity contribution is -0.139. The van der Waals surface area contributed by atoms with Crippen molar-refractivity contribution >= 4 is 44.3 Å². The molecule has 2 fully saturated rings. The number of halogens is 1. The Balaban J connectivity index is 1.34. The highest BCUT2D eigenvalue weighted by Gasteiger charge is 2.64. The number of aryl methyl sites for hydroxylation is 2. The standard InChI is InChI=1S/C31H28BrN7O3/c1-16-5-6-27(32)36-23(16)9-25(41)24-10-31(4)11-26(31)39(24)28(42)15-38-30-20(12-33)7-19(21-13-34-18(3)35-14-21)8-22(30)29(37-38)17(2)40/h5-8,13-14,24,26H,9-11,15H2,1-4H3/t24-,26+,31-/m0/s1. The first-order valence-electron chi connectivity index (χ1n) is 13.7. The van der Waals surface area contributed by atoms with E-state index in [1.54, 1.807) is 36.4 Å². The van der Waals surface area contributed by atoms with E-state index in [4.69, 9.17) is 0 Å². The van der Waals surface area contributed by atoms with Crippen LogP contribution in [0, 0.1) is 30.6 Å². The third kappa shape index (κ3) is 4.79. The average molecular weight is 627 g/mol. The van der Waals surface area contributed by atoms with Crippen molar-refractivity contribution < 1.29 is 14.4 Å². The summed E-state index contributed by atoms with van der Waals surface area (Å²) >= 11 is 3.38. The summed E-state index contributed by atoms with van der Waals surface area (Å²) in [7, 11) is 0. The van der Waals surface area contributed by atoms with E-state index in [0.29, 0.717) is 44.6 Å². The molecular weight excluding hydrogens is 598 g/mol. The zero-order valence-corrected chi connectivity index (χ0v) is 25.3. The molecule has 10 nitrogen and oxygen atoms in total. The Morgan fingerprint density at radius 3 is 2.55 bits per heavy atom. The molecule has 1 aromatic carbocycles. The first-order valence-corrected chi connectivity index (χ1v) is 14.5. The molecule has 212 valence electrons. The van der Waals surface area contributed by atoms with E-state index >= 15 is 0 Å². The van der Waals surface area contributed by atoms with Crippen LogP contribution < -0.4 is 0 Å². The van der Waals surface area contributed by atoms with E-state index < -0.39 is 6.04 Å². The van der Waals surface area contributed by atoms with Gasteiger partial charge in [-0.25, -0.2) is 15.0 Å². The molecule has 4 aromatic rings. The molecule has 1 aliphatic heterocycles. The smallest absolute Gasteiger partial charge is 0.245 e. The van der Waals surface area contributed by atoms with Crippen LogP contribution in [-0.4, -0.2) is 59.2 Å². The summed E-state index contributed by atoms with van der Waals surface area (Å²) in [6, 6.07) is 8.83. The van der Waals surface area contributed by atoms with Gasteiger partial charge >= 0.3 is 0 Å². The number of benzene rings is 1. The van der Waals surface area contributed by atoms with Crippen molar-refractivity contribution in [1.29, 1.82) is 5.26 Å². The number of likely N-dealkylation sites (tertiary alicyclic amines) is 1. The summed E-state index contributed by atoms with van der Waals surface area (Å²) in [4.78, 5) is 54.8. The minimum absolute atomic E-state index is 0.0341. The number of amides is 1. The Morgan fingerprint density at radius 1 is 1.12 bits per heavy atom. The van der Waals surface area contributed by atoms with Crippen LogP contribution in [0.25, 0.3) is 22.0 Å². The number of aromatic nitrogens is 5. The number of piperidine rings is 1. The molecule has 11 heteroatoms. The first kappa shape index (κ1) is 27.8. The molecule has 1 saturated carbocycles. The Morgan fingerprint density at radius 2 is 1.86 bits per heavy atom. The summed E-state index contributed by atoms with van der Waals surface area (Å²) in [6.07, 6.45) is 4.88. The van der Waals surface area contributed by atoms with Gasteiger partial charge in [-0.05, 0) is 77.4 Å². The maximum atomic E-state index is 13.9. The summed E-state index contributed by atoms with van der Waals surface area (Å²) < 4.78 is 2.09. The second kappa shape index (κ2) is 10.2. The Hall–Kier alpha value is -4.30. The Bertz CT molecular complexity index is 1840. The third-order valence-electron chi connectivity index (χ3n) is 8.50. The van der Waals surface area contributed by atoms with E-state index in [1.165, 1.54) is 11.6 Å². The predicted molar refractivity (Wildman–Crippen MR) is 157 cm³/mol. The minimum Gasteiger partial charge on any atom is -0.327 e. The molecule has 1 amide bonds. The summed E-state index contributed by atoms with van der Waals surface area (Å²) in [6.45, 7) is 7.01. The molecule has 3 atom stereocenters. The van der Waals surface area contributed by atoms with Crippen molar-refractivity contribution in [1.82, 2.24) is 29.6 Å². The SMILES string of the molecule is CC(=O)c1nn(CC(=O)N2[C@H](C(=O)Cc3nc(Br)ccc3C)C[C@@]3(C)C[C@@H]23)c2c(C#N)cc(-c3cnc(C)nc3)cc12. The maximum absolute atomic E-state index is 13.9. The van der Waals surface area contributed by atoms with Gasteiger partial charge in [-0.1, -0.05) is 13.0 Å². The van der Waals surface area contributed by atoms with Crippen molar-refractivity contribution in [2.45, 2.75) is 65.6 Å². The zero-order valence-electron chi connectivity index (χ0n) is 23.7. The molecule has 0 N–H and O–H groups in total. The number of Topliss-reactive ketones (excluding diaryl/α,β-unsaturated/α-hetero) is 2. The number of nitriles is 1. The molecule has 6 rings (SSSR count). The van der Waals surface area contributed by atoms with Crippen LogP contribution in [0.15, 0.2) is 41.3 Å². The summed E-state index contributed by atoms with van der Waals surface area (Å²) in [5.41, 5.74) is 3.71. The molecule has 3 aromatic heterocycles. The van der Waals surface area contributed by atoms with Gasteiger partial charge < -0.3 is 4.90 Å². The Labute approximate surface area is 250 Å². The van der Waals surface area contributed by atoms with Crippen LogP contribution >= 0.6 is 15.9 Å². The van der Waals surface area contributed by atoms with E-state index in [-0.39, 0.29) is 53.2 Å². The number of ketones is 2. The second-order valence-electron chi connectivity index (χ2n) is 11.5. The van der Waals surface area contributed by atoms with Gasteiger partial charge in [-0.2, -0.15) is 10.4 Å². The monoisotopic (exact) mass is 625 g/mol. The van der Waals surface area contributed by atoms with Crippen molar-refractivity contribution in [3.8, 4) is 17.2 Å². The Kier molecular flexibility index (Phi) is 6.77. The lowest BCUT2D eigenvalue weighted by Gasteiger charge is -2.27. The normalized spacial score (nSPS) is 20.8. The highest BCUT2D eigenvalue weighted by molar-refractivity contribution is 9.10. The number of carbonyl (C=O) groups excluding carboxylic acids is 3. The lowest BCUT2D eigenvalue weighted by Crippen LogP contribution is -2.45. The van der Waals surface area contributed by atoms with Gasteiger partial charge in [0.2, 0.25) is 5.91 Å². The number of hydrogen-bond donors (Lipinski definition) is 0. The minimum atomic E-state index is -0.570. The zero-order chi connectivity index (χ0) is 29.9. The molecule has 0 spiro atoms. The van der Waals surface area contributed by atoms with Crippen molar-refractivity contribution in [2.75, 3.05) is 0 Å². The quantitative estimate of drug-likeness (QED) is 0.216. The van der Waals surface area contributed by atoms with Crippen LogP contribution in [-0.2, 0) is 22.6 Å². The fourth-order valence-electron chi connectivity index (χ4n) is 6.11. The molecule has 0 radical (unpaired) electrons. The first-order chi connectivity index (χ1) is 20.0. The summed E-state index contributed by atoms with van der Waals surface area (Å²) in [5, 5.41) is 15.1. The van der Waals surface area contributed by atoms with Gasteiger partial charge in [-0.3, -0.25) is 19.1 Å². The van der Waals surface area contributed by atoms with E-state index in [0.717, 1.165) is 12.0 Å². The van der Waals surface area contributed by atoms with Gasteiger partial charge in [0.05, 0.1) is 29.2 Å². The van der Waals surface area contributed by atoms with Crippen LogP contribution in [0.3, 0.4) is 0 Å². The predicted octanol–water partition coefficient (Wildman–Crippen LogP) is 4.53. The second-order valence-corrected chi connectivity index (χ2v) is 12.4. The van der Waals surface area contributed by atoms with Crippen molar-refractivity contribution in [3.05, 3.63) is 69.6 Å². The van der Waals surface area contributed by atoms with Crippen LogP contribution in [0.1, 0.15) is 59.8 Å². The fraction of sp³-hybridized carbons (Fsp3) is 0.355. The molecule has 4 heterocycles. The topological polar surface area (TPSA) is 135 Å². The fourth-order valence-corrected chi connectivity index (χ4v) is 6.46. The number of rotatable bonds is 7. The van der Waals surface area contributed by atoms with Gasteiger partial charge in [0.15, 0.2) is 11.6 Å². The van der Waals surface area contributed by atoms with Gasteiger partial charge in [0, 0.05) is 36.3 Å².